The summed E-state index contributed by atoms with van der Waals surface area (Å²) >= 11 is 0. The van der Waals surface area contributed by atoms with E-state index in [1.807, 2.05) is 13.0 Å². The molecule has 1 aromatic heterocycles. The smallest absolute Gasteiger partial charge is 0.158 e. The van der Waals surface area contributed by atoms with Crippen LogP contribution in [0.1, 0.15) is 39.9 Å². The fourth-order valence-corrected chi connectivity index (χ4v) is 2.48. The van der Waals surface area contributed by atoms with Crippen molar-refractivity contribution in [3.63, 3.8) is 0 Å². The molecule has 1 aliphatic heterocycles. The van der Waals surface area contributed by atoms with Gasteiger partial charge in [-0.3, -0.25) is 0 Å². The standard InChI is InChI=1S/C15H26N4O/c1-5-16-12-9-14(18-13(17-12)10-20-6-2)19-8-7-15(3,4)11-19/h9H,5-8,10-11H2,1-4H3,(H,16,17,18). The molecule has 0 amide bonds. The molecule has 0 spiro atoms. The number of hydrogen-bond donors (Lipinski definition) is 1. The summed E-state index contributed by atoms with van der Waals surface area (Å²) in [4.78, 5) is 11.5. The summed E-state index contributed by atoms with van der Waals surface area (Å²) in [6.07, 6.45) is 1.20. The van der Waals surface area contributed by atoms with Crippen molar-refractivity contribution in [2.45, 2.75) is 40.7 Å². The van der Waals surface area contributed by atoms with Gasteiger partial charge >= 0.3 is 0 Å². The molecule has 1 fully saturated rings. The lowest BCUT2D eigenvalue weighted by Gasteiger charge is -2.21. The first kappa shape index (κ1) is 15.0. The molecule has 0 saturated carbocycles. The zero-order valence-corrected chi connectivity index (χ0v) is 13.1. The highest BCUT2D eigenvalue weighted by atomic mass is 16.5. The van der Waals surface area contributed by atoms with Gasteiger partial charge in [-0.25, -0.2) is 9.97 Å². The molecule has 0 unspecified atom stereocenters. The number of aromatic nitrogens is 2. The van der Waals surface area contributed by atoms with E-state index in [9.17, 15) is 0 Å². The van der Waals surface area contributed by atoms with Gasteiger partial charge in [0.1, 0.15) is 18.2 Å². The van der Waals surface area contributed by atoms with Gasteiger partial charge in [0, 0.05) is 32.3 Å². The fraction of sp³-hybridized carbons (Fsp3) is 0.733. The van der Waals surface area contributed by atoms with Gasteiger partial charge in [-0.2, -0.15) is 0 Å². The van der Waals surface area contributed by atoms with Crippen LogP contribution in [0, 0.1) is 5.41 Å². The van der Waals surface area contributed by atoms with E-state index >= 15 is 0 Å². The number of hydrogen-bond acceptors (Lipinski definition) is 5. The number of nitrogens with one attached hydrogen (secondary N) is 1. The average molecular weight is 278 g/mol. The molecule has 1 aliphatic rings. The van der Waals surface area contributed by atoms with Crippen LogP contribution in [-0.4, -0.2) is 36.2 Å². The third-order valence-electron chi connectivity index (χ3n) is 3.55. The van der Waals surface area contributed by atoms with Gasteiger partial charge in [-0.1, -0.05) is 13.8 Å². The van der Waals surface area contributed by atoms with Crippen LogP contribution in [-0.2, 0) is 11.3 Å². The summed E-state index contributed by atoms with van der Waals surface area (Å²) < 4.78 is 5.44. The molecule has 2 heterocycles. The number of nitrogens with zero attached hydrogens (tertiary/aromatic N) is 3. The summed E-state index contributed by atoms with van der Waals surface area (Å²) in [5.74, 6) is 2.65. The van der Waals surface area contributed by atoms with Crippen LogP contribution in [0.2, 0.25) is 0 Å². The normalized spacial score (nSPS) is 17.5. The third-order valence-corrected chi connectivity index (χ3v) is 3.55. The molecule has 1 N–H and O–H groups in total. The van der Waals surface area contributed by atoms with Gasteiger partial charge in [0.2, 0.25) is 0 Å². The van der Waals surface area contributed by atoms with Gasteiger partial charge in [0.05, 0.1) is 0 Å². The van der Waals surface area contributed by atoms with Crippen molar-refractivity contribution in [1.29, 1.82) is 0 Å². The number of rotatable bonds is 6. The average Bonchev–Trinajstić information content (AvgIpc) is 2.77. The van der Waals surface area contributed by atoms with Crippen LogP contribution in [0.5, 0.6) is 0 Å². The van der Waals surface area contributed by atoms with E-state index in [0.717, 1.165) is 37.1 Å². The zero-order chi connectivity index (χ0) is 14.6. The molecule has 5 heteroatoms. The van der Waals surface area contributed by atoms with E-state index < -0.39 is 0 Å². The maximum atomic E-state index is 5.44. The second-order valence-corrected chi connectivity index (χ2v) is 6.03. The van der Waals surface area contributed by atoms with E-state index in [-0.39, 0.29) is 0 Å². The first-order valence-corrected chi connectivity index (χ1v) is 7.48. The van der Waals surface area contributed by atoms with Crippen LogP contribution in [0.4, 0.5) is 11.6 Å². The predicted octanol–water partition coefficient (Wildman–Crippen LogP) is 2.68. The van der Waals surface area contributed by atoms with Crippen LogP contribution >= 0.6 is 0 Å². The largest absolute Gasteiger partial charge is 0.374 e. The van der Waals surface area contributed by atoms with E-state index in [1.165, 1.54) is 6.42 Å². The van der Waals surface area contributed by atoms with Crippen molar-refractivity contribution in [2.75, 3.05) is 36.5 Å². The SMILES string of the molecule is CCNc1cc(N2CCC(C)(C)C2)nc(COCC)n1. The second kappa shape index (κ2) is 6.39. The van der Waals surface area contributed by atoms with Crippen LogP contribution in [0.25, 0.3) is 0 Å². The molecule has 20 heavy (non-hydrogen) atoms. The Balaban J connectivity index is 2.20. The Morgan fingerprint density at radius 2 is 2.15 bits per heavy atom. The van der Waals surface area contributed by atoms with Crippen LogP contribution in [0.15, 0.2) is 6.07 Å². The van der Waals surface area contributed by atoms with Crippen molar-refractivity contribution < 1.29 is 4.74 Å². The summed E-state index contributed by atoms with van der Waals surface area (Å²) in [7, 11) is 0. The van der Waals surface area contributed by atoms with Gasteiger partial charge in [0.15, 0.2) is 5.82 Å². The molecular weight excluding hydrogens is 252 g/mol. The minimum Gasteiger partial charge on any atom is -0.374 e. The third kappa shape index (κ3) is 3.82. The minimum atomic E-state index is 0.364. The lowest BCUT2D eigenvalue weighted by molar-refractivity contribution is 0.128. The molecule has 1 aromatic rings. The lowest BCUT2D eigenvalue weighted by atomic mass is 9.93. The van der Waals surface area contributed by atoms with E-state index in [0.29, 0.717) is 18.6 Å². The Morgan fingerprint density at radius 1 is 1.35 bits per heavy atom. The molecule has 2 rings (SSSR count). The Morgan fingerprint density at radius 3 is 2.75 bits per heavy atom. The Hall–Kier alpha value is -1.36. The Labute approximate surface area is 121 Å². The lowest BCUT2D eigenvalue weighted by Crippen LogP contribution is -2.24. The van der Waals surface area contributed by atoms with E-state index in [1.54, 1.807) is 0 Å². The maximum absolute atomic E-state index is 5.44. The van der Waals surface area contributed by atoms with Crippen molar-refractivity contribution in [3.05, 3.63) is 11.9 Å². The van der Waals surface area contributed by atoms with Gasteiger partial charge < -0.3 is 15.0 Å². The Bertz CT molecular complexity index is 447. The van der Waals surface area contributed by atoms with Gasteiger partial charge in [-0.05, 0) is 25.7 Å². The fourth-order valence-electron chi connectivity index (χ4n) is 2.48. The maximum Gasteiger partial charge on any atom is 0.158 e. The van der Waals surface area contributed by atoms with Crippen molar-refractivity contribution in [3.8, 4) is 0 Å². The first-order chi connectivity index (χ1) is 9.54. The molecule has 0 radical (unpaired) electrons. The van der Waals surface area contributed by atoms with Gasteiger partial charge in [-0.15, -0.1) is 0 Å². The summed E-state index contributed by atoms with van der Waals surface area (Å²) in [6, 6.07) is 2.04. The molecule has 0 aliphatic carbocycles. The summed E-state index contributed by atoms with van der Waals surface area (Å²) in [6.45, 7) is 12.8. The summed E-state index contributed by atoms with van der Waals surface area (Å²) in [5.41, 5.74) is 0.364. The first-order valence-electron chi connectivity index (χ1n) is 7.48. The van der Waals surface area contributed by atoms with Crippen molar-refractivity contribution >= 4 is 11.6 Å². The van der Waals surface area contributed by atoms with Crippen molar-refractivity contribution in [2.24, 2.45) is 5.41 Å². The topological polar surface area (TPSA) is 50.3 Å². The van der Waals surface area contributed by atoms with Crippen LogP contribution in [0.3, 0.4) is 0 Å². The second-order valence-electron chi connectivity index (χ2n) is 6.03. The highest BCUT2D eigenvalue weighted by Crippen LogP contribution is 2.32. The monoisotopic (exact) mass is 278 g/mol. The predicted molar refractivity (Wildman–Crippen MR) is 82.1 cm³/mol. The molecule has 5 nitrogen and oxygen atoms in total. The van der Waals surface area contributed by atoms with E-state index in [2.05, 4.69) is 41.0 Å². The number of ether oxygens (including phenoxy) is 1. The van der Waals surface area contributed by atoms with Gasteiger partial charge in [0.25, 0.3) is 0 Å². The molecule has 112 valence electrons. The highest BCUT2D eigenvalue weighted by molar-refractivity contribution is 5.50. The minimum absolute atomic E-state index is 0.364. The molecule has 0 atom stereocenters. The molecular formula is C15H26N4O. The Kier molecular flexibility index (Phi) is 4.81. The zero-order valence-electron chi connectivity index (χ0n) is 13.1. The van der Waals surface area contributed by atoms with Crippen LogP contribution < -0.4 is 10.2 Å². The summed E-state index contributed by atoms with van der Waals surface area (Å²) in [5, 5.41) is 3.28. The molecule has 0 aromatic carbocycles. The quantitative estimate of drug-likeness (QED) is 0.867. The van der Waals surface area contributed by atoms with Crippen molar-refractivity contribution in [1.82, 2.24) is 9.97 Å². The number of anilines is 2. The molecule has 1 saturated heterocycles. The van der Waals surface area contributed by atoms with E-state index in [4.69, 9.17) is 4.74 Å². The highest BCUT2D eigenvalue weighted by Gasteiger charge is 2.30. The molecule has 0 bridgehead atoms.